The molecule has 19 heavy (non-hydrogen) atoms. The molecule has 2 amide bonds. The molecule has 1 unspecified atom stereocenters. The van der Waals surface area contributed by atoms with Crippen LogP contribution in [0.1, 0.15) is 11.1 Å². The fourth-order valence-corrected chi connectivity index (χ4v) is 1.94. The van der Waals surface area contributed by atoms with Gasteiger partial charge in [-0.1, -0.05) is 29.8 Å². The molecule has 1 aliphatic heterocycles. The van der Waals surface area contributed by atoms with Crippen LogP contribution < -0.4 is 5.32 Å². The molecule has 102 valence electrons. The van der Waals surface area contributed by atoms with Crippen LogP contribution in [0.4, 0.5) is 4.79 Å². The SMILES string of the molecule is Cc1ccc(CC(=O)NCC2CN(C)C(=O)O2)cc1. The fourth-order valence-electron chi connectivity index (χ4n) is 1.94. The third kappa shape index (κ3) is 3.71. The van der Waals surface area contributed by atoms with E-state index in [-0.39, 0.29) is 18.1 Å². The lowest BCUT2D eigenvalue weighted by atomic mass is 10.1. The van der Waals surface area contributed by atoms with E-state index in [2.05, 4.69) is 5.32 Å². The lowest BCUT2D eigenvalue weighted by molar-refractivity contribution is -0.120. The van der Waals surface area contributed by atoms with Gasteiger partial charge >= 0.3 is 6.09 Å². The van der Waals surface area contributed by atoms with E-state index in [4.69, 9.17) is 4.74 Å². The van der Waals surface area contributed by atoms with Gasteiger partial charge in [-0.2, -0.15) is 0 Å². The van der Waals surface area contributed by atoms with E-state index in [1.807, 2.05) is 31.2 Å². The Morgan fingerprint density at radius 1 is 1.42 bits per heavy atom. The Bertz CT molecular complexity index is 470. The molecule has 1 fully saturated rings. The molecule has 1 saturated heterocycles. The van der Waals surface area contributed by atoms with Gasteiger partial charge in [-0.3, -0.25) is 4.79 Å². The van der Waals surface area contributed by atoms with Gasteiger partial charge in [-0.15, -0.1) is 0 Å². The van der Waals surface area contributed by atoms with Crippen LogP contribution in [-0.4, -0.2) is 43.1 Å². The quantitative estimate of drug-likeness (QED) is 0.884. The summed E-state index contributed by atoms with van der Waals surface area (Å²) in [5.41, 5.74) is 2.15. The highest BCUT2D eigenvalue weighted by Crippen LogP contribution is 2.08. The fraction of sp³-hybridized carbons (Fsp3) is 0.429. The van der Waals surface area contributed by atoms with Gasteiger partial charge in [0.1, 0.15) is 6.10 Å². The van der Waals surface area contributed by atoms with Crippen LogP contribution in [-0.2, 0) is 16.0 Å². The number of carbonyl (C=O) groups excluding carboxylic acids is 2. The predicted molar refractivity (Wildman–Crippen MR) is 70.8 cm³/mol. The predicted octanol–water partition coefficient (Wildman–Crippen LogP) is 1.10. The summed E-state index contributed by atoms with van der Waals surface area (Å²) in [6.07, 6.45) is -0.242. The van der Waals surface area contributed by atoms with Gasteiger partial charge in [-0.05, 0) is 12.5 Å². The van der Waals surface area contributed by atoms with Gasteiger partial charge in [0.15, 0.2) is 0 Å². The summed E-state index contributed by atoms with van der Waals surface area (Å²) in [7, 11) is 1.68. The Morgan fingerprint density at radius 2 is 2.11 bits per heavy atom. The number of hydrogen-bond donors (Lipinski definition) is 1. The Morgan fingerprint density at radius 3 is 2.68 bits per heavy atom. The van der Waals surface area contributed by atoms with Crippen molar-refractivity contribution >= 4 is 12.0 Å². The van der Waals surface area contributed by atoms with Crippen molar-refractivity contribution in [1.29, 1.82) is 0 Å². The minimum absolute atomic E-state index is 0.0607. The molecule has 1 atom stereocenters. The summed E-state index contributed by atoms with van der Waals surface area (Å²) in [5.74, 6) is -0.0607. The molecule has 0 radical (unpaired) electrons. The molecule has 1 aromatic rings. The second-order valence-electron chi connectivity index (χ2n) is 4.85. The summed E-state index contributed by atoms with van der Waals surface area (Å²) >= 11 is 0. The molecule has 5 nitrogen and oxygen atoms in total. The Hall–Kier alpha value is -2.04. The first kappa shape index (κ1) is 13.4. The summed E-state index contributed by atoms with van der Waals surface area (Å²) in [5, 5.41) is 2.79. The number of nitrogens with zero attached hydrogens (tertiary/aromatic N) is 1. The third-order valence-electron chi connectivity index (χ3n) is 3.07. The second-order valence-corrected chi connectivity index (χ2v) is 4.85. The van der Waals surface area contributed by atoms with Gasteiger partial charge in [0.2, 0.25) is 5.91 Å². The van der Waals surface area contributed by atoms with Crippen molar-refractivity contribution in [2.75, 3.05) is 20.1 Å². The number of aryl methyl sites for hydroxylation is 1. The highest BCUT2D eigenvalue weighted by molar-refractivity contribution is 5.78. The van der Waals surface area contributed by atoms with Crippen LogP contribution in [0.5, 0.6) is 0 Å². The molecule has 5 heteroatoms. The van der Waals surface area contributed by atoms with Crippen molar-refractivity contribution in [3.63, 3.8) is 0 Å². The lowest BCUT2D eigenvalue weighted by Gasteiger charge is -2.09. The molecular weight excluding hydrogens is 244 g/mol. The van der Waals surface area contributed by atoms with E-state index in [0.717, 1.165) is 5.56 Å². The zero-order valence-corrected chi connectivity index (χ0v) is 11.2. The Labute approximate surface area is 112 Å². The van der Waals surface area contributed by atoms with Crippen molar-refractivity contribution in [2.45, 2.75) is 19.4 Å². The van der Waals surface area contributed by atoms with Crippen molar-refractivity contribution < 1.29 is 14.3 Å². The number of hydrogen-bond acceptors (Lipinski definition) is 3. The molecule has 0 aliphatic carbocycles. The van der Waals surface area contributed by atoms with E-state index in [1.54, 1.807) is 7.05 Å². The number of carbonyl (C=O) groups is 2. The average Bonchev–Trinajstić information content (AvgIpc) is 2.69. The number of ether oxygens (including phenoxy) is 1. The summed E-state index contributed by atoms with van der Waals surface area (Å²) in [6.45, 7) is 2.89. The van der Waals surface area contributed by atoms with Gasteiger partial charge in [-0.25, -0.2) is 4.79 Å². The van der Waals surface area contributed by atoms with E-state index < -0.39 is 0 Å². The first-order valence-electron chi connectivity index (χ1n) is 6.28. The lowest BCUT2D eigenvalue weighted by Crippen LogP contribution is -2.35. The topological polar surface area (TPSA) is 58.6 Å². The van der Waals surface area contributed by atoms with Crippen molar-refractivity contribution in [1.82, 2.24) is 10.2 Å². The van der Waals surface area contributed by atoms with Gasteiger partial charge in [0, 0.05) is 7.05 Å². The summed E-state index contributed by atoms with van der Waals surface area (Å²) in [4.78, 5) is 24.4. The van der Waals surface area contributed by atoms with Crippen molar-refractivity contribution in [2.24, 2.45) is 0 Å². The molecule has 0 aromatic heterocycles. The molecule has 1 aromatic carbocycles. The number of rotatable bonds is 4. The zero-order chi connectivity index (χ0) is 13.8. The highest BCUT2D eigenvalue weighted by Gasteiger charge is 2.28. The Balaban J connectivity index is 1.76. The van der Waals surface area contributed by atoms with E-state index in [9.17, 15) is 9.59 Å². The van der Waals surface area contributed by atoms with E-state index in [1.165, 1.54) is 10.5 Å². The van der Waals surface area contributed by atoms with Gasteiger partial charge in [0.05, 0.1) is 19.5 Å². The monoisotopic (exact) mass is 262 g/mol. The number of nitrogens with one attached hydrogen (secondary N) is 1. The zero-order valence-electron chi connectivity index (χ0n) is 11.2. The van der Waals surface area contributed by atoms with Crippen LogP contribution >= 0.6 is 0 Å². The van der Waals surface area contributed by atoms with Gasteiger partial charge < -0.3 is 15.0 Å². The number of likely N-dealkylation sites (N-methyl/N-ethyl adjacent to an activating group) is 1. The maximum atomic E-state index is 11.8. The molecular formula is C14H18N2O3. The number of amides is 2. The molecule has 1 aliphatic rings. The number of benzene rings is 1. The standard InChI is InChI=1S/C14H18N2O3/c1-10-3-5-11(6-4-10)7-13(17)15-8-12-9-16(2)14(18)19-12/h3-6,12H,7-9H2,1-2H3,(H,15,17). The van der Waals surface area contributed by atoms with E-state index in [0.29, 0.717) is 19.5 Å². The molecule has 0 bridgehead atoms. The minimum atomic E-state index is -0.335. The maximum Gasteiger partial charge on any atom is 0.410 e. The van der Waals surface area contributed by atoms with Crippen molar-refractivity contribution in [3.05, 3.63) is 35.4 Å². The Kier molecular flexibility index (Phi) is 4.04. The largest absolute Gasteiger partial charge is 0.442 e. The maximum absolute atomic E-state index is 11.8. The average molecular weight is 262 g/mol. The van der Waals surface area contributed by atoms with E-state index >= 15 is 0 Å². The third-order valence-corrected chi connectivity index (χ3v) is 3.07. The molecule has 0 spiro atoms. The van der Waals surface area contributed by atoms with Crippen LogP contribution in [0.15, 0.2) is 24.3 Å². The first-order valence-corrected chi connectivity index (χ1v) is 6.28. The highest BCUT2D eigenvalue weighted by atomic mass is 16.6. The minimum Gasteiger partial charge on any atom is -0.442 e. The molecule has 2 rings (SSSR count). The summed E-state index contributed by atoms with van der Waals surface area (Å²) < 4.78 is 5.06. The van der Waals surface area contributed by atoms with Gasteiger partial charge in [0.25, 0.3) is 0 Å². The molecule has 1 heterocycles. The van der Waals surface area contributed by atoms with Crippen molar-refractivity contribution in [3.8, 4) is 0 Å². The first-order chi connectivity index (χ1) is 9.04. The summed E-state index contributed by atoms with van der Waals surface area (Å²) in [6, 6.07) is 7.85. The number of cyclic esters (lactones) is 1. The van der Waals surface area contributed by atoms with Crippen LogP contribution in [0.25, 0.3) is 0 Å². The molecule has 0 saturated carbocycles. The normalized spacial score (nSPS) is 18.3. The smallest absolute Gasteiger partial charge is 0.410 e. The molecule has 1 N–H and O–H groups in total. The van der Waals surface area contributed by atoms with Crippen LogP contribution in [0, 0.1) is 6.92 Å². The second kappa shape index (κ2) is 5.73. The van der Waals surface area contributed by atoms with Crippen LogP contribution in [0.3, 0.4) is 0 Å². The van der Waals surface area contributed by atoms with Crippen LogP contribution in [0.2, 0.25) is 0 Å².